The molecule has 2 rings (SSSR count). The summed E-state index contributed by atoms with van der Waals surface area (Å²) >= 11 is 1.40. The summed E-state index contributed by atoms with van der Waals surface area (Å²) in [6, 6.07) is 3.60. The highest BCUT2D eigenvalue weighted by Gasteiger charge is 2.15. The van der Waals surface area contributed by atoms with Gasteiger partial charge in [-0.25, -0.2) is 4.79 Å². The van der Waals surface area contributed by atoms with E-state index >= 15 is 0 Å². The van der Waals surface area contributed by atoms with E-state index in [0.29, 0.717) is 5.69 Å². The molecule has 0 aromatic carbocycles. The van der Waals surface area contributed by atoms with Crippen molar-refractivity contribution < 1.29 is 9.63 Å². The topological polar surface area (TPSA) is 106 Å². The maximum Gasteiger partial charge on any atom is 0.387 e. The normalized spacial score (nSPS) is 11.5. The standard InChI is InChI=1S/C9H9N5O2S/c1-5-7(12-14-11-5)9(15)16-13-8(10)6-3-2-4-17-6/h2-4H,1H3,(H2,10,13)(H,11,12,14). The van der Waals surface area contributed by atoms with Gasteiger partial charge in [-0.2, -0.15) is 10.3 Å². The van der Waals surface area contributed by atoms with Crippen molar-refractivity contribution in [3.8, 4) is 0 Å². The second kappa shape index (κ2) is 4.74. The average molecular weight is 251 g/mol. The van der Waals surface area contributed by atoms with Gasteiger partial charge in [0.05, 0.1) is 10.6 Å². The second-order valence-electron chi connectivity index (χ2n) is 3.09. The predicted molar refractivity (Wildman–Crippen MR) is 61.6 cm³/mol. The van der Waals surface area contributed by atoms with Crippen molar-refractivity contribution >= 4 is 23.1 Å². The lowest BCUT2D eigenvalue weighted by molar-refractivity contribution is 0.0508. The van der Waals surface area contributed by atoms with E-state index in [9.17, 15) is 4.79 Å². The zero-order valence-electron chi connectivity index (χ0n) is 8.88. The molecule has 0 spiro atoms. The highest BCUT2D eigenvalue weighted by Crippen LogP contribution is 2.08. The number of aromatic nitrogens is 3. The maximum atomic E-state index is 11.5. The Hall–Kier alpha value is -2.22. The minimum Gasteiger partial charge on any atom is -0.380 e. The molecule has 8 heteroatoms. The van der Waals surface area contributed by atoms with Gasteiger partial charge in [0.1, 0.15) is 0 Å². The van der Waals surface area contributed by atoms with Crippen molar-refractivity contribution in [1.29, 1.82) is 0 Å². The van der Waals surface area contributed by atoms with Crippen LogP contribution in [0, 0.1) is 6.92 Å². The summed E-state index contributed by atoms with van der Waals surface area (Å²) < 4.78 is 0. The fraction of sp³-hybridized carbons (Fsp3) is 0.111. The largest absolute Gasteiger partial charge is 0.387 e. The lowest BCUT2D eigenvalue weighted by atomic mass is 10.3. The predicted octanol–water partition coefficient (Wildman–Crippen LogP) is 0.652. The van der Waals surface area contributed by atoms with Crippen LogP contribution in [0.2, 0.25) is 0 Å². The molecular weight excluding hydrogens is 242 g/mol. The van der Waals surface area contributed by atoms with Crippen molar-refractivity contribution in [3.63, 3.8) is 0 Å². The summed E-state index contributed by atoms with van der Waals surface area (Å²) in [6.07, 6.45) is 0. The Morgan fingerprint density at radius 2 is 2.41 bits per heavy atom. The quantitative estimate of drug-likeness (QED) is 0.360. The first-order valence-electron chi connectivity index (χ1n) is 4.64. The molecule has 2 aromatic rings. The zero-order valence-corrected chi connectivity index (χ0v) is 9.69. The molecule has 2 aromatic heterocycles. The minimum absolute atomic E-state index is 0.0905. The van der Waals surface area contributed by atoms with Crippen LogP contribution in [0.3, 0.4) is 0 Å². The lowest BCUT2D eigenvalue weighted by Gasteiger charge is -1.96. The van der Waals surface area contributed by atoms with Gasteiger partial charge in [-0.1, -0.05) is 11.2 Å². The number of hydrogen-bond donors (Lipinski definition) is 2. The van der Waals surface area contributed by atoms with Crippen molar-refractivity contribution in [2.24, 2.45) is 10.9 Å². The van der Waals surface area contributed by atoms with Crippen LogP contribution in [0.5, 0.6) is 0 Å². The van der Waals surface area contributed by atoms with E-state index in [-0.39, 0.29) is 11.5 Å². The van der Waals surface area contributed by atoms with Crippen molar-refractivity contribution in [3.05, 3.63) is 33.8 Å². The Morgan fingerprint density at radius 3 is 3.00 bits per heavy atom. The number of nitrogens with two attached hydrogens (primary N) is 1. The number of nitrogens with zero attached hydrogens (tertiary/aromatic N) is 3. The lowest BCUT2D eigenvalue weighted by Crippen LogP contribution is -2.14. The Bertz CT molecular complexity index is 545. The fourth-order valence-electron chi connectivity index (χ4n) is 1.08. The molecule has 0 saturated heterocycles. The maximum absolute atomic E-state index is 11.5. The second-order valence-corrected chi connectivity index (χ2v) is 4.04. The van der Waals surface area contributed by atoms with Crippen LogP contribution in [0.4, 0.5) is 0 Å². The molecule has 88 valence electrons. The van der Waals surface area contributed by atoms with Crippen LogP contribution in [-0.2, 0) is 4.84 Å². The molecule has 0 radical (unpaired) electrons. The van der Waals surface area contributed by atoms with Crippen molar-refractivity contribution in [2.45, 2.75) is 6.92 Å². The molecule has 0 aliphatic heterocycles. The van der Waals surface area contributed by atoms with Crippen LogP contribution in [0.15, 0.2) is 22.7 Å². The van der Waals surface area contributed by atoms with Gasteiger partial charge in [0.15, 0.2) is 11.5 Å². The van der Waals surface area contributed by atoms with Gasteiger partial charge >= 0.3 is 5.97 Å². The number of carbonyl (C=O) groups is 1. The molecule has 0 saturated carbocycles. The molecule has 2 heterocycles. The van der Waals surface area contributed by atoms with E-state index in [1.807, 2.05) is 11.4 Å². The number of carbonyl (C=O) groups excluding carboxylic acids is 1. The smallest absolute Gasteiger partial charge is 0.380 e. The summed E-state index contributed by atoms with van der Waals surface area (Å²) in [7, 11) is 0. The summed E-state index contributed by atoms with van der Waals surface area (Å²) in [6.45, 7) is 1.63. The van der Waals surface area contributed by atoms with E-state index in [0.717, 1.165) is 4.88 Å². The number of nitrogens with one attached hydrogen (secondary N) is 1. The molecule has 17 heavy (non-hydrogen) atoms. The number of amidine groups is 1. The van der Waals surface area contributed by atoms with Crippen LogP contribution >= 0.6 is 11.3 Å². The Labute approximate surface area is 100 Å². The summed E-state index contributed by atoms with van der Waals surface area (Å²) in [5.74, 6) is -0.551. The number of H-pyrrole nitrogens is 1. The van der Waals surface area contributed by atoms with Gasteiger partial charge in [-0.15, -0.1) is 16.4 Å². The number of oxime groups is 1. The number of aryl methyl sites for hydroxylation is 1. The molecule has 0 aliphatic rings. The summed E-state index contributed by atoms with van der Waals surface area (Å²) in [4.78, 5) is 16.9. The fourth-order valence-corrected chi connectivity index (χ4v) is 1.70. The van der Waals surface area contributed by atoms with Gasteiger partial charge in [-0.3, -0.25) is 0 Å². The number of thiophene rings is 1. The third-order valence-corrected chi connectivity index (χ3v) is 2.81. The highest BCUT2D eigenvalue weighted by molar-refractivity contribution is 7.12. The zero-order chi connectivity index (χ0) is 12.3. The number of aromatic amines is 1. The van der Waals surface area contributed by atoms with Gasteiger partial charge in [-0.05, 0) is 18.4 Å². The first kappa shape index (κ1) is 11.3. The molecule has 0 aliphatic carbocycles. The molecule has 0 amide bonds. The van der Waals surface area contributed by atoms with Crippen LogP contribution in [0.25, 0.3) is 0 Å². The van der Waals surface area contributed by atoms with Gasteiger partial charge in [0.2, 0.25) is 0 Å². The number of hydrogen-bond acceptors (Lipinski definition) is 6. The van der Waals surface area contributed by atoms with E-state index in [4.69, 9.17) is 5.73 Å². The third-order valence-electron chi connectivity index (χ3n) is 1.92. The van der Waals surface area contributed by atoms with Crippen molar-refractivity contribution in [1.82, 2.24) is 15.4 Å². The molecule has 0 fully saturated rings. The molecule has 0 bridgehead atoms. The van der Waals surface area contributed by atoms with Crippen LogP contribution in [-0.4, -0.2) is 27.2 Å². The van der Waals surface area contributed by atoms with Gasteiger partial charge in [0, 0.05) is 0 Å². The molecule has 7 nitrogen and oxygen atoms in total. The Balaban J connectivity index is 2.06. The van der Waals surface area contributed by atoms with Gasteiger partial charge < -0.3 is 10.6 Å². The molecule has 0 atom stereocenters. The van der Waals surface area contributed by atoms with Crippen LogP contribution < -0.4 is 5.73 Å². The monoisotopic (exact) mass is 251 g/mol. The third kappa shape index (κ3) is 2.48. The van der Waals surface area contributed by atoms with E-state index in [1.165, 1.54) is 11.3 Å². The van der Waals surface area contributed by atoms with E-state index in [1.54, 1.807) is 13.0 Å². The Kier molecular flexibility index (Phi) is 3.15. The average Bonchev–Trinajstić information content (AvgIpc) is 2.95. The first-order valence-corrected chi connectivity index (χ1v) is 5.52. The SMILES string of the molecule is Cc1n[nH]nc1C(=O)O/N=C(\N)c1cccs1. The highest BCUT2D eigenvalue weighted by atomic mass is 32.1. The minimum atomic E-state index is -0.698. The summed E-state index contributed by atoms with van der Waals surface area (Å²) in [5.41, 5.74) is 6.15. The summed E-state index contributed by atoms with van der Waals surface area (Å²) in [5, 5.41) is 15.0. The van der Waals surface area contributed by atoms with Crippen molar-refractivity contribution in [2.75, 3.05) is 0 Å². The number of rotatable bonds is 3. The van der Waals surface area contributed by atoms with E-state index < -0.39 is 5.97 Å². The first-order chi connectivity index (χ1) is 8.18. The molecule has 0 unspecified atom stereocenters. The van der Waals surface area contributed by atoms with Gasteiger partial charge in [0.25, 0.3) is 0 Å². The molecule has 3 N–H and O–H groups in total. The molecular formula is C9H9N5O2S. The van der Waals surface area contributed by atoms with Crippen LogP contribution in [0.1, 0.15) is 21.1 Å². The Morgan fingerprint density at radius 1 is 1.59 bits per heavy atom. The van der Waals surface area contributed by atoms with E-state index in [2.05, 4.69) is 25.4 Å².